The smallest absolute Gasteiger partial charge is 0.309 e. The van der Waals surface area contributed by atoms with Crippen molar-refractivity contribution >= 4 is 11.8 Å². The highest BCUT2D eigenvalue weighted by atomic mass is 16.5. The van der Waals surface area contributed by atoms with Gasteiger partial charge >= 0.3 is 11.8 Å². The summed E-state index contributed by atoms with van der Waals surface area (Å²) in [6.07, 6.45) is 13.1. The summed E-state index contributed by atoms with van der Waals surface area (Å²) in [7, 11) is 0. The number of nitrogens with one attached hydrogen (secondary N) is 2. The monoisotopic (exact) mass is 416 g/mol. The second-order valence-electron chi connectivity index (χ2n) is 8.60. The molecule has 2 amide bonds. The Kier molecular flexibility index (Phi) is 10.7. The quantitative estimate of drug-likeness (QED) is 0.635. The van der Waals surface area contributed by atoms with Crippen LogP contribution in [-0.2, 0) is 9.59 Å². The van der Waals surface area contributed by atoms with Gasteiger partial charge in [-0.25, -0.2) is 0 Å². The number of rotatable bonds is 5. The molecule has 1 unspecified atom stereocenters. The van der Waals surface area contributed by atoms with Crippen LogP contribution in [0.15, 0.2) is 18.2 Å². The van der Waals surface area contributed by atoms with Crippen LogP contribution in [0.2, 0.25) is 0 Å². The van der Waals surface area contributed by atoms with E-state index < -0.39 is 11.8 Å². The summed E-state index contributed by atoms with van der Waals surface area (Å²) in [6.45, 7) is 6.38. The zero-order valence-corrected chi connectivity index (χ0v) is 19.1. The molecule has 0 saturated heterocycles. The van der Waals surface area contributed by atoms with Crippen molar-refractivity contribution in [2.24, 2.45) is 0 Å². The molecule has 0 heterocycles. The minimum Gasteiger partial charge on any atom is -0.494 e. The molecule has 1 fully saturated rings. The molecule has 1 aromatic carbocycles. The van der Waals surface area contributed by atoms with Gasteiger partial charge in [-0.05, 0) is 39.7 Å². The Labute approximate surface area is 182 Å². The number of aryl methyl sites for hydroxylation is 1. The molecule has 1 atom stereocenters. The van der Waals surface area contributed by atoms with E-state index in [9.17, 15) is 9.59 Å². The second-order valence-corrected chi connectivity index (χ2v) is 8.60. The fraction of sp³-hybridized carbons (Fsp3) is 0.680. The van der Waals surface area contributed by atoms with Crippen LogP contribution < -0.4 is 15.4 Å². The van der Waals surface area contributed by atoms with Gasteiger partial charge in [-0.2, -0.15) is 0 Å². The summed E-state index contributed by atoms with van der Waals surface area (Å²) in [4.78, 5) is 25.1. The van der Waals surface area contributed by atoms with Crippen LogP contribution in [0.3, 0.4) is 0 Å². The topological polar surface area (TPSA) is 67.4 Å². The summed E-state index contributed by atoms with van der Waals surface area (Å²) < 4.78 is 5.69. The van der Waals surface area contributed by atoms with Crippen LogP contribution in [-0.4, -0.2) is 24.5 Å². The number of hydrogen-bond acceptors (Lipinski definition) is 3. The highest BCUT2D eigenvalue weighted by Gasteiger charge is 2.22. The molecule has 0 aliphatic heterocycles. The van der Waals surface area contributed by atoms with Gasteiger partial charge in [0.05, 0.1) is 12.6 Å². The lowest BCUT2D eigenvalue weighted by molar-refractivity contribution is -0.140. The lowest BCUT2D eigenvalue weighted by atomic mass is 9.98. The van der Waals surface area contributed by atoms with Gasteiger partial charge in [-0.15, -0.1) is 0 Å². The summed E-state index contributed by atoms with van der Waals surface area (Å²) in [5.74, 6) is -0.349. The molecule has 5 heteroatoms. The Morgan fingerprint density at radius 2 is 1.53 bits per heavy atom. The van der Waals surface area contributed by atoms with Crippen LogP contribution in [0.4, 0.5) is 0 Å². The summed E-state index contributed by atoms with van der Waals surface area (Å²) in [5, 5.41) is 5.85. The number of carbonyl (C=O) groups excluding carboxylic acids is 2. The molecule has 0 spiro atoms. The van der Waals surface area contributed by atoms with Crippen molar-refractivity contribution in [3.63, 3.8) is 0 Å². The van der Waals surface area contributed by atoms with E-state index in [4.69, 9.17) is 4.74 Å². The molecule has 0 aromatic heterocycles. The van der Waals surface area contributed by atoms with Gasteiger partial charge in [0.2, 0.25) is 0 Å². The largest absolute Gasteiger partial charge is 0.494 e. The molecule has 1 aliphatic rings. The first-order chi connectivity index (χ1) is 14.5. The van der Waals surface area contributed by atoms with Crippen molar-refractivity contribution in [2.75, 3.05) is 6.61 Å². The third-order valence-corrected chi connectivity index (χ3v) is 5.93. The van der Waals surface area contributed by atoms with Crippen molar-refractivity contribution in [3.05, 3.63) is 29.3 Å². The highest BCUT2D eigenvalue weighted by Crippen LogP contribution is 2.26. The SMILES string of the molecule is CCOc1ccc(C)cc1C(C)NC(=O)C(=O)NC1CCCCCCCCCCC1. The average molecular weight is 417 g/mol. The van der Waals surface area contributed by atoms with E-state index >= 15 is 0 Å². The van der Waals surface area contributed by atoms with Crippen molar-refractivity contribution < 1.29 is 14.3 Å². The van der Waals surface area contributed by atoms with E-state index in [1.807, 2.05) is 39.0 Å². The molecule has 30 heavy (non-hydrogen) atoms. The van der Waals surface area contributed by atoms with Gasteiger partial charge in [0, 0.05) is 11.6 Å². The predicted octanol–water partition coefficient (Wildman–Crippen LogP) is 5.36. The third-order valence-electron chi connectivity index (χ3n) is 5.93. The number of amides is 2. The van der Waals surface area contributed by atoms with Gasteiger partial charge in [0.1, 0.15) is 5.75 Å². The summed E-state index contributed by atoms with van der Waals surface area (Å²) in [5.41, 5.74) is 1.98. The molecule has 1 saturated carbocycles. The summed E-state index contributed by atoms with van der Waals surface area (Å²) in [6, 6.07) is 5.69. The third kappa shape index (κ3) is 8.37. The maximum absolute atomic E-state index is 12.6. The first-order valence-corrected chi connectivity index (χ1v) is 11.9. The van der Waals surface area contributed by atoms with Gasteiger partial charge in [-0.1, -0.05) is 75.5 Å². The molecule has 0 bridgehead atoms. The van der Waals surface area contributed by atoms with Gasteiger partial charge < -0.3 is 15.4 Å². The van der Waals surface area contributed by atoms with Gasteiger partial charge in [-0.3, -0.25) is 9.59 Å². The molecule has 5 nitrogen and oxygen atoms in total. The maximum Gasteiger partial charge on any atom is 0.309 e. The molecule has 168 valence electrons. The van der Waals surface area contributed by atoms with Crippen LogP contribution in [0.1, 0.15) is 102 Å². The molecule has 0 radical (unpaired) electrons. The molecule has 1 aromatic rings. The Morgan fingerprint density at radius 3 is 2.10 bits per heavy atom. The van der Waals surface area contributed by atoms with Crippen molar-refractivity contribution in [3.8, 4) is 5.75 Å². The maximum atomic E-state index is 12.6. The first kappa shape index (κ1) is 24.2. The molecule has 2 N–H and O–H groups in total. The van der Waals surface area contributed by atoms with E-state index in [1.54, 1.807) is 0 Å². The van der Waals surface area contributed by atoms with Crippen molar-refractivity contribution in [1.29, 1.82) is 0 Å². The Balaban J connectivity index is 1.92. The second kappa shape index (κ2) is 13.3. The van der Waals surface area contributed by atoms with E-state index in [1.165, 1.54) is 44.9 Å². The fourth-order valence-electron chi connectivity index (χ4n) is 4.19. The first-order valence-electron chi connectivity index (χ1n) is 11.9. The van der Waals surface area contributed by atoms with Crippen molar-refractivity contribution in [1.82, 2.24) is 10.6 Å². The normalized spacial score (nSPS) is 17.8. The van der Waals surface area contributed by atoms with Crippen LogP contribution in [0.25, 0.3) is 0 Å². The average Bonchev–Trinajstić information content (AvgIpc) is 2.71. The zero-order chi connectivity index (χ0) is 21.8. The fourth-order valence-corrected chi connectivity index (χ4v) is 4.19. The van der Waals surface area contributed by atoms with E-state index in [0.717, 1.165) is 42.6 Å². The molecule has 1 aliphatic carbocycles. The zero-order valence-electron chi connectivity index (χ0n) is 19.1. The Hall–Kier alpha value is -2.04. The van der Waals surface area contributed by atoms with Crippen LogP contribution in [0, 0.1) is 6.92 Å². The van der Waals surface area contributed by atoms with E-state index in [-0.39, 0.29) is 12.1 Å². The van der Waals surface area contributed by atoms with Crippen LogP contribution >= 0.6 is 0 Å². The van der Waals surface area contributed by atoms with E-state index in [0.29, 0.717) is 6.61 Å². The summed E-state index contributed by atoms with van der Waals surface area (Å²) >= 11 is 0. The number of carbonyl (C=O) groups is 2. The number of hydrogen-bond donors (Lipinski definition) is 2. The lowest BCUT2D eigenvalue weighted by Crippen LogP contribution is -2.45. The van der Waals surface area contributed by atoms with E-state index in [2.05, 4.69) is 10.6 Å². The number of ether oxygens (including phenoxy) is 1. The predicted molar refractivity (Wildman–Crippen MR) is 122 cm³/mol. The molecular formula is C25H40N2O3. The minimum absolute atomic E-state index is 0.0935. The standard InChI is InChI=1S/C25H40N2O3/c1-4-30-23-17-16-19(2)18-22(23)20(3)26-24(28)25(29)27-21-14-12-10-8-6-5-7-9-11-13-15-21/h16-18,20-21H,4-15H2,1-3H3,(H,26,28)(H,27,29). The Bertz CT molecular complexity index is 662. The molecular weight excluding hydrogens is 376 g/mol. The molecule has 2 rings (SSSR count). The van der Waals surface area contributed by atoms with Crippen LogP contribution in [0.5, 0.6) is 5.75 Å². The minimum atomic E-state index is -0.572. The van der Waals surface area contributed by atoms with Gasteiger partial charge in [0.15, 0.2) is 0 Å². The lowest BCUT2D eigenvalue weighted by Gasteiger charge is -2.21. The van der Waals surface area contributed by atoms with Crippen molar-refractivity contribution in [2.45, 2.75) is 103 Å². The number of benzene rings is 1. The highest BCUT2D eigenvalue weighted by molar-refractivity contribution is 6.35. The Morgan fingerprint density at radius 1 is 0.967 bits per heavy atom. The van der Waals surface area contributed by atoms with Gasteiger partial charge in [0.25, 0.3) is 0 Å².